The van der Waals surface area contributed by atoms with Crippen LogP contribution in [0.25, 0.3) is 0 Å². The van der Waals surface area contributed by atoms with Gasteiger partial charge in [-0.15, -0.1) is 0 Å². The van der Waals surface area contributed by atoms with E-state index in [-0.39, 0.29) is 17.5 Å². The van der Waals surface area contributed by atoms with E-state index in [4.69, 9.17) is 0 Å². The lowest BCUT2D eigenvalue weighted by Crippen LogP contribution is -2.50. The Morgan fingerprint density at radius 1 is 1.63 bits per heavy atom. The Hall–Kier alpha value is -1.41. The minimum atomic E-state index is -3.81. The third-order valence-corrected chi connectivity index (χ3v) is 5.42. The fourth-order valence-electron chi connectivity index (χ4n) is 2.41. The van der Waals surface area contributed by atoms with Gasteiger partial charge in [-0.25, -0.2) is 8.42 Å². The van der Waals surface area contributed by atoms with Crippen molar-refractivity contribution in [1.29, 1.82) is 0 Å². The molecule has 0 saturated carbocycles. The number of hydrogen-bond acceptors (Lipinski definition) is 4. The number of nitrogens with one attached hydrogen (secondary N) is 1. The Labute approximate surface area is 111 Å². The molecule has 1 aromatic rings. The van der Waals surface area contributed by atoms with Crippen LogP contribution in [0.2, 0.25) is 0 Å². The predicted molar refractivity (Wildman–Crippen MR) is 66.9 cm³/mol. The average Bonchev–Trinajstić information content (AvgIpc) is 2.92. The number of aromatic nitrogens is 2. The molecule has 106 valence electrons. The lowest BCUT2D eigenvalue weighted by atomic mass is 9.90. The van der Waals surface area contributed by atoms with Crippen molar-refractivity contribution < 1.29 is 18.3 Å². The van der Waals surface area contributed by atoms with Gasteiger partial charge in [-0.2, -0.15) is 9.40 Å². The molecule has 1 aromatic heterocycles. The van der Waals surface area contributed by atoms with E-state index in [0.29, 0.717) is 12.8 Å². The molecule has 2 N–H and O–H groups in total. The van der Waals surface area contributed by atoms with Crippen LogP contribution in [-0.4, -0.2) is 46.6 Å². The van der Waals surface area contributed by atoms with E-state index in [1.807, 2.05) is 6.92 Å². The summed E-state index contributed by atoms with van der Waals surface area (Å²) >= 11 is 0. The summed E-state index contributed by atoms with van der Waals surface area (Å²) < 4.78 is 25.8. The van der Waals surface area contributed by atoms with Crippen molar-refractivity contribution in [2.24, 2.45) is 5.92 Å². The number of sulfonamides is 1. The smallest absolute Gasteiger partial charge is 0.322 e. The molecular formula is C11H17N3O4S. The third-order valence-electron chi connectivity index (χ3n) is 3.59. The summed E-state index contributed by atoms with van der Waals surface area (Å²) in [5.74, 6) is -0.837. The molecule has 1 aliphatic heterocycles. The number of aromatic amines is 1. The van der Waals surface area contributed by atoms with Crippen molar-refractivity contribution in [3.63, 3.8) is 0 Å². The summed E-state index contributed by atoms with van der Waals surface area (Å²) in [6, 6.07) is 0.340. The number of hydrogen-bond donors (Lipinski definition) is 2. The standard InChI is InChI=1S/C11H17N3O4S/c1-2-8-4-6-14(9(7-8)11(15)16)19(17,18)10-3-5-12-13-10/h3,5,8-9H,2,4,6-7H2,1H3,(H,12,13)(H,15,16). The Balaban J connectivity index is 2.30. The van der Waals surface area contributed by atoms with Crippen LogP contribution in [0.5, 0.6) is 0 Å². The first-order valence-corrected chi connectivity index (χ1v) is 7.64. The number of nitrogens with zero attached hydrogens (tertiary/aromatic N) is 2. The first kappa shape index (κ1) is 14.0. The Kier molecular flexibility index (Phi) is 3.91. The van der Waals surface area contributed by atoms with Crippen molar-refractivity contribution >= 4 is 16.0 Å². The molecule has 2 atom stereocenters. The van der Waals surface area contributed by atoms with Crippen LogP contribution in [0.1, 0.15) is 26.2 Å². The van der Waals surface area contributed by atoms with Crippen LogP contribution in [0, 0.1) is 5.92 Å². The molecule has 0 amide bonds. The monoisotopic (exact) mass is 287 g/mol. The van der Waals surface area contributed by atoms with E-state index in [9.17, 15) is 18.3 Å². The zero-order valence-electron chi connectivity index (χ0n) is 10.6. The van der Waals surface area contributed by atoms with E-state index in [1.54, 1.807) is 0 Å². The Morgan fingerprint density at radius 2 is 2.37 bits per heavy atom. The first-order valence-electron chi connectivity index (χ1n) is 6.20. The van der Waals surface area contributed by atoms with Crippen molar-refractivity contribution in [1.82, 2.24) is 14.5 Å². The van der Waals surface area contributed by atoms with Gasteiger partial charge in [0.05, 0.1) is 6.20 Å². The quantitative estimate of drug-likeness (QED) is 0.847. The van der Waals surface area contributed by atoms with E-state index < -0.39 is 22.0 Å². The van der Waals surface area contributed by atoms with Crippen LogP contribution in [0.4, 0.5) is 0 Å². The second-order valence-electron chi connectivity index (χ2n) is 4.69. The largest absolute Gasteiger partial charge is 0.480 e. The number of carboxylic acid groups (broad SMARTS) is 1. The lowest BCUT2D eigenvalue weighted by Gasteiger charge is -2.35. The average molecular weight is 287 g/mol. The molecule has 0 aliphatic carbocycles. The highest BCUT2D eigenvalue weighted by Gasteiger charge is 2.40. The zero-order chi connectivity index (χ0) is 14.0. The molecule has 2 unspecified atom stereocenters. The van der Waals surface area contributed by atoms with Crippen molar-refractivity contribution in [3.05, 3.63) is 12.3 Å². The van der Waals surface area contributed by atoms with Gasteiger partial charge in [0.2, 0.25) is 0 Å². The Morgan fingerprint density at radius 3 is 2.89 bits per heavy atom. The van der Waals surface area contributed by atoms with Crippen LogP contribution < -0.4 is 0 Å². The minimum absolute atomic E-state index is 0.0614. The van der Waals surface area contributed by atoms with Gasteiger partial charge in [0.1, 0.15) is 6.04 Å². The molecule has 2 heterocycles. The van der Waals surface area contributed by atoms with E-state index in [1.165, 1.54) is 12.3 Å². The Bertz CT molecular complexity index is 540. The summed E-state index contributed by atoms with van der Waals surface area (Å²) in [5.41, 5.74) is 0. The third kappa shape index (κ3) is 2.64. The minimum Gasteiger partial charge on any atom is -0.480 e. The molecule has 1 saturated heterocycles. The van der Waals surface area contributed by atoms with Gasteiger partial charge in [-0.3, -0.25) is 9.89 Å². The molecule has 1 aliphatic rings. The van der Waals surface area contributed by atoms with Crippen molar-refractivity contribution in [2.75, 3.05) is 6.54 Å². The summed E-state index contributed by atoms with van der Waals surface area (Å²) in [4.78, 5) is 11.3. The summed E-state index contributed by atoms with van der Waals surface area (Å²) in [5, 5.41) is 15.2. The predicted octanol–water partition coefficient (Wildman–Crippen LogP) is 0.674. The number of H-pyrrole nitrogens is 1. The topological polar surface area (TPSA) is 103 Å². The van der Waals surface area contributed by atoms with Gasteiger partial charge in [-0.1, -0.05) is 13.3 Å². The van der Waals surface area contributed by atoms with Gasteiger partial charge in [0, 0.05) is 6.54 Å². The zero-order valence-corrected chi connectivity index (χ0v) is 11.4. The van der Waals surface area contributed by atoms with Crippen LogP contribution in [-0.2, 0) is 14.8 Å². The van der Waals surface area contributed by atoms with E-state index in [2.05, 4.69) is 10.2 Å². The summed E-state index contributed by atoms with van der Waals surface area (Å²) in [6.07, 6.45) is 3.25. The molecular weight excluding hydrogens is 270 g/mol. The van der Waals surface area contributed by atoms with Crippen molar-refractivity contribution in [2.45, 2.75) is 37.3 Å². The molecule has 0 bridgehead atoms. The number of aliphatic carboxylic acids is 1. The molecule has 7 nitrogen and oxygen atoms in total. The highest BCUT2D eigenvalue weighted by atomic mass is 32.2. The molecule has 0 radical (unpaired) electrons. The molecule has 8 heteroatoms. The first-order chi connectivity index (χ1) is 8.96. The molecule has 0 aromatic carbocycles. The number of carboxylic acids is 1. The van der Waals surface area contributed by atoms with Crippen molar-refractivity contribution in [3.8, 4) is 0 Å². The highest BCUT2D eigenvalue weighted by molar-refractivity contribution is 7.89. The maximum atomic E-state index is 12.3. The van der Waals surface area contributed by atoms with Crippen LogP contribution in [0.3, 0.4) is 0 Å². The second-order valence-corrected chi connectivity index (χ2v) is 6.55. The highest BCUT2D eigenvalue weighted by Crippen LogP contribution is 2.29. The second kappa shape index (κ2) is 5.30. The lowest BCUT2D eigenvalue weighted by molar-refractivity contribution is -0.143. The number of piperidine rings is 1. The van der Waals surface area contributed by atoms with E-state index in [0.717, 1.165) is 10.7 Å². The molecule has 19 heavy (non-hydrogen) atoms. The molecule has 1 fully saturated rings. The van der Waals surface area contributed by atoms with Gasteiger partial charge < -0.3 is 5.11 Å². The maximum absolute atomic E-state index is 12.3. The fourth-order valence-corrected chi connectivity index (χ4v) is 3.92. The molecule has 0 spiro atoms. The summed E-state index contributed by atoms with van der Waals surface area (Å²) in [7, 11) is -3.81. The SMILES string of the molecule is CCC1CCN(S(=O)(=O)c2ccn[nH]2)C(C(=O)O)C1. The van der Waals surface area contributed by atoms with Crippen LogP contribution >= 0.6 is 0 Å². The number of rotatable bonds is 4. The van der Waals surface area contributed by atoms with Crippen LogP contribution in [0.15, 0.2) is 17.3 Å². The molecule has 2 rings (SSSR count). The summed E-state index contributed by atoms with van der Waals surface area (Å²) in [6.45, 7) is 2.22. The van der Waals surface area contributed by atoms with Gasteiger partial charge >= 0.3 is 5.97 Å². The van der Waals surface area contributed by atoms with E-state index >= 15 is 0 Å². The maximum Gasteiger partial charge on any atom is 0.322 e. The number of carbonyl (C=O) groups is 1. The van der Waals surface area contributed by atoms with Gasteiger partial charge in [0.25, 0.3) is 10.0 Å². The fraction of sp³-hybridized carbons (Fsp3) is 0.636. The normalized spacial score (nSPS) is 25.3. The van der Waals surface area contributed by atoms with Gasteiger partial charge in [0.15, 0.2) is 5.03 Å². The van der Waals surface area contributed by atoms with Gasteiger partial charge in [-0.05, 0) is 24.8 Å².